The standard InChI is InChI=1S/C39H34N2O2/c1-39(27-28-17-7-2-8-18-28,37-40-33(29-19-9-3-10-20-29)35(42-37)31-23-13-5-14-24-31)38-41-34(30-21-11-4-12-22-30)36(43-38)32-25-15-6-16-26-32/h2-26,33-36H,27H2,1H3/t33-,34-,35+,36+/m0/s1. The number of rotatable bonds is 8. The summed E-state index contributed by atoms with van der Waals surface area (Å²) < 4.78 is 13.9. The summed E-state index contributed by atoms with van der Waals surface area (Å²) in [4.78, 5) is 10.7. The smallest absolute Gasteiger partial charge is 0.200 e. The van der Waals surface area contributed by atoms with Crippen LogP contribution in [0.3, 0.4) is 0 Å². The van der Waals surface area contributed by atoms with Crippen LogP contribution < -0.4 is 0 Å². The zero-order chi connectivity index (χ0) is 29.1. The Morgan fingerprint density at radius 3 is 1.16 bits per heavy atom. The van der Waals surface area contributed by atoms with E-state index in [9.17, 15) is 0 Å². The predicted molar refractivity (Wildman–Crippen MR) is 172 cm³/mol. The van der Waals surface area contributed by atoms with E-state index in [0.717, 1.165) is 22.3 Å². The van der Waals surface area contributed by atoms with Gasteiger partial charge in [-0.3, -0.25) is 0 Å². The zero-order valence-electron chi connectivity index (χ0n) is 24.2. The Morgan fingerprint density at radius 2 is 0.791 bits per heavy atom. The van der Waals surface area contributed by atoms with Gasteiger partial charge in [0.2, 0.25) is 11.8 Å². The molecular formula is C39H34N2O2. The fourth-order valence-corrected chi connectivity index (χ4v) is 6.20. The summed E-state index contributed by atoms with van der Waals surface area (Å²) in [7, 11) is 0. The van der Waals surface area contributed by atoms with Gasteiger partial charge in [0.05, 0.1) is 0 Å². The summed E-state index contributed by atoms with van der Waals surface area (Å²) in [6.07, 6.45) is 0.119. The van der Waals surface area contributed by atoms with Gasteiger partial charge in [-0.25, -0.2) is 9.98 Å². The quantitative estimate of drug-likeness (QED) is 0.189. The molecule has 0 aromatic heterocycles. The van der Waals surface area contributed by atoms with Crippen LogP contribution in [0.1, 0.15) is 59.0 Å². The fraction of sp³-hybridized carbons (Fsp3) is 0.179. The molecule has 0 saturated heterocycles. The van der Waals surface area contributed by atoms with E-state index in [1.54, 1.807) is 0 Å². The molecule has 5 aromatic rings. The largest absolute Gasteiger partial charge is 0.469 e. The number of hydrogen-bond donors (Lipinski definition) is 0. The van der Waals surface area contributed by atoms with E-state index in [0.29, 0.717) is 18.2 Å². The van der Waals surface area contributed by atoms with Crippen molar-refractivity contribution in [2.24, 2.45) is 15.4 Å². The van der Waals surface area contributed by atoms with Gasteiger partial charge >= 0.3 is 0 Å². The highest BCUT2D eigenvalue weighted by Crippen LogP contribution is 2.49. The van der Waals surface area contributed by atoms with E-state index in [1.807, 2.05) is 30.3 Å². The molecule has 5 aromatic carbocycles. The number of benzene rings is 5. The number of nitrogens with zero attached hydrogens (tertiary/aromatic N) is 2. The van der Waals surface area contributed by atoms with Crippen LogP contribution in [0.5, 0.6) is 0 Å². The van der Waals surface area contributed by atoms with Crippen molar-refractivity contribution in [3.8, 4) is 0 Å². The molecule has 4 nitrogen and oxygen atoms in total. The Hall–Kier alpha value is -4.96. The molecule has 0 fully saturated rings. The lowest BCUT2D eigenvalue weighted by Gasteiger charge is -2.30. The lowest BCUT2D eigenvalue weighted by molar-refractivity contribution is 0.158. The molecular weight excluding hydrogens is 528 g/mol. The molecule has 0 amide bonds. The Kier molecular flexibility index (Phi) is 7.34. The molecule has 0 spiro atoms. The second-order valence-corrected chi connectivity index (χ2v) is 11.5. The number of ether oxygens (including phenoxy) is 2. The Morgan fingerprint density at radius 1 is 0.465 bits per heavy atom. The zero-order valence-corrected chi connectivity index (χ0v) is 24.2. The second kappa shape index (κ2) is 11.7. The molecule has 0 saturated carbocycles. The third-order valence-corrected chi connectivity index (χ3v) is 8.45. The van der Waals surface area contributed by atoms with E-state index in [4.69, 9.17) is 19.5 Å². The van der Waals surface area contributed by atoms with Crippen LogP contribution >= 0.6 is 0 Å². The summed E-state index contributed by atoms with van der Waals surface area (Å²) in [5.41, 5.74) is 4.85. The first-order valence-electron chi connectivity index (χ1n) is 14.9. The van der Waals surface area contributed by atoms with Gasteiger partial charge in [0.25, 0.3) is 0 Å². The highest BCUT2D eigenvalue weighted by Gasteiger charge is 2.50. The number of aliphatic imine (C=N–C) groups is 2. The maximum absolute atomic E-state index is 6.94. The Labute approximate surface area is 253 Å². The molecule has 0 bridgehead atoms. The van der Waals surface area contributed by atoms with Crippen LogP contribution in [0.2, 0.25) is 0 Å². The lowest BCUT2D eigenvalue weighted by atomic mass is 9.82. The third-order valence-electron chi connectivity index (χ3n) is 8.45. The monoisotopic (exact) mass is 562 g/mol. The SMILES string of the molecule is CC(Cc1ccccc1)(C1=N[C@@H](c2ccccc2)[C@@H](c2ccccc2)O1)C1=N[C@@H](c2ccccc2)[C@@H](c2ccccc2)O1. The molecule has 0 N–H and O–H groups in total. The third kappa shape index (κ3) is 5.37. The maximum Gasteiger partial charge on any atom is 0.200 e. The molecule has 0 unspecified atom stereocenters. The van der Waals surface area contributed by atoms with Crippen LogP contribution in [0.15, 0.2) is 162 Å². The lowest BCUT2D eigenvalue weighted by Crippen LogP contribution is -2.39. The van der Waals surface area contributed by atoms with E-state index < -0.39 is 5.41 Å². The van der Waals surface area contributed by atoms with Crippen molar-refractivity contribution in [3.63, 3.8) is 0 Å². The minimum atomic E-state index is -0.742. The van der Waals surface area contributed by atoms with Crippen molar-refractivity contribution >= 4 is 11.8 Å². The Bertz CT molecular complexity index is 1600. The van der Waals surface area contributed by atoms with Gasteiger partial charge in [-0.05, 0) is 41.2 Å². The van der Waals surface area contributed by atoms with Crippen LogP contribution in [-0.2, 0) is 15.9 Å². The van der Waals surface area contributed by atoms with Gasteiger partial charge in [-0.2, -0.15) is 0 Å². The molecule has 4 atom stereocenters. The van der Waals surface area contributed by atoms with Crippen molar-refractivity contribution in [2.45, 2.75) is 37.6 Å². The van der Waals surface area contributed by atoms with Crippen molar-refractivity contribution in [2.75, 3.05) is 0 Å². The summed E-state index contributed by atoms with van der Waals surface area (Å²) >= 11 is 0. The highest BCUT2D eigenvalue weighted by molar-refractivity contribution is 6.06. The summed E-state index contributed by atoms with van der Waals surface area (Å²) in [6, 6.07) is 51.7. The summed E-state index contributed by atoms with van der Waals surface area (Å²) in [6.45, 7) is 2.17. The molecule has 0 radical (unpaired) electrons. The molecule has 7 rings (SSSR count). The van der Waals surface area contributed by atoms with Gasteiger partial charge < -0.3 is 9.47 Å². The normalized spacial score (nSPS) is 21.4. The molecule has 2 aliphatic heterocycles. The van der Waals surface area contributed by atoms with E-state index in [-0.39, 0.29) is 24.3 Å². The highest BCUT2D eigenvalue weighted by atomic mass is 16.5. The topological polar surface area (TPSA) is 43.2 Å². The predicted octanol–water partition coefficient (Wildman–Crippen LogP) is 9.06. The van der Waals surface area contributed by atoms with Crippen LogP contribution in [0, 0.1) is 5.41 Å². The molecule has 212 valence electrons. The molecule has 2 aliphatic rings. The van der Waals surface area contributed by atoms with E-state index in [1.165, 1.54) is 5.56 Å². The van der Waals surface area contributed by atoms with Gasteiger partial charge in [0, 0.05) is 0 Å². The molecule has 4 heteroatoms. The van der Waals surface area contributed by atoms with Gasteiger partial charge in [0.1, 0.15) is 17.5 Å². The van der Waals surface area contributed by atoms with Crippen molar-refractivity contribution in [3.05, 3.63) is 179 Å². The average molecular weight is 563 g/mol. The van der Waals surface area contributed by atoms with Crippen molar-refractivity contribution in [1.29, 1.82) is 0 Å². The molecule has 2 heterocycles. The Balaban J connectivity index is 1.35. The van der Waals surface area contributed by atoms with E-state index >= 15 is 0 Å². The first-order chi connectivity index (χ1) is 21.2. The first kappa shape index (κ1) is 26.9. The summed E-state index contributed by atoms with van der Waals surface area (Å²) in [5.74, 6) is 1.30. The second-order valence-electron chi connectivity index (χ2n) is 11.5. The van der Waals surface area contributed by atoms with Crippen LogP contribution in [0.25, 0.3) is 0 Å². The van der Waals surface area contributed by atoms with E-state index in [2.05, 4.69) is 128 Å². The minimum absolute atomic E-state index is 0.189. The number of hydrogen-bond acceptors (Lipinski definition) is 4. The maximum atomic E-state index is 6.94. The van der Waals surface area contributed by atoms with Gasteiger partial charge in [-0.1, -0.05) is 152 Å². The van der Waals surface area contributed by atoms with Crippen LogP contribution in [0.4, 0.5) is 0 Å². The molecule has 0 aliphatic carbocycles. The average Bonchev–Trinajstić information content (AvgIpc) is 3.74. The fourth-order valence-electron chi connectivity index (χ4n) is 6.20. The summed E-state index contributed by atoms with van der Waals surface area (Å²) in [5, 5.41) is 0. The van der Waals surface area contributed by atoms with Crippen LogP contribution in [-0.4, -0.2) is 11.8 Å². The van der Waals surface area contributed by atoms with Gasteiger partial charge in [0.15, 0.2) is 12.2 Å². The van der Waals surface area contributed by atoms with Crippen molar-refractivity contribution in [1.82, 2.24) is 0 Å². The minimum Gasteiger partial charge on any atom is -0.469 e. The van der Waals surface area contributed by atoms with Gasteiger partial charge in [-0.15, -0.1) is 0 Å². The first-order valence-corrected chi connectivity index (χ1v) is 14.9. The van der Waals surface area contributed by atoms with Crippen molar-refractivity contribution < 1.29 is 9.47 Å². The molecule has 43 heavy (non-hydrogen) atoms.